The molecule has 3 aliphatic carbocycles. The number of halogens is 1. The monoisotopic (exact) mass is 349 g/mol. The Morgan fingerprint density at radius 1 is 1.28 bits per heavy atom. The van der Waals surface area contributed by atoms with Crippen LogP contribution in [0, 0.1) is 16.6 Å². The quantitative estimate of drug-likeness (QED) is 0.853. The van der Waals surface area contributed by atoms with Gasteiger partial charge in [0.1, 0.15) is 17.5 Å². The van der Waals surface area contributed by atoms with E-state index < -0.39 is 29.1 Å². The average Bonchev–Trinajstić information content (AvgIpc) is 2.38. The van der Waals surface area contributed by atoms with Crippen LogP contribution in [0.2, 0.25) is 0 Å². The van der Waals surface area contributed by atoms with Crippen LogP contribution >= 0.6 is 0 Å². The maximum atomic E-state index is 13.8. The lowest BCUT2D eigenvalue weighted by atomic mass is 9.32. The van der Waals surface area contributed by atoms with Crippen molar-refractivity contribution in [3.63, 3.8) is 0 Å². The van der Waals surface area contributed by atoms with Gasteiger partial charge in [-0.15, -0.1) is 0 Å². The Labute approximate surface area is 146 Å². The Bertz CT molecular complexity index is 690. The minimum atomic E-state index is -1.05. The van der Waals surface area contributed by atoms with Gasteiger partial charge >= 0.3 is 12.1 Å². The van der Waals surface area contributed by atoms with Gasteiger partial charge in [-0.2, -0.15) is 0 Å². The number of carboxylic acid groups (broad SMARTS) is 1. The zero-order valence-electron chi connectivity index (χ0n) is 14.8. The van der Waals surface area contributed by atoms with Crippen LogP contribution in [0.25, 0.3) is 0 Å². The van der Waals surface area contributed by atoms with Crippen LogP contribution in [0.15, 0.2) is 24.3 Å². The zero-order valence-corrected chi connectivity index (χ0v) is 14.8. The summed E-state index contributed by atoms with van der Waals surface area (Å²) in [4.78, 5) is 23.6. The van der Waals surface area contributed by atoms with Gasteiger partial charge in [-0.25, -0.2) is 14.0 Å². The van der Waals surface area contributed by atoms with Crippen molar-refractivity contribution in [2.45, 2.75) is 58.1 Å². The maximum absolute atomic E-state index is 13.8. The molecule has 0 aliphatic heterocycles. The molecule has 6 heteroatoms. The summed E-state index contributed by atoms with van der Waals surface area (Å²) in [7, 11) is 0. The lowest BCUT2D eigenvalue weighted by Gasteiger charge is -2.72. The van der Waals surface area contributed by atoms with Crippen molar-refractivity contribution in [2.75, 3.05) is 0 Å². The number of hydrogen-bond donors (Lipinski definition) is 2. The number of hydrogen-bond acceptors (Lipinski definition) is 3. The molecule has 1 aromatic rings. The SMILES string of the molecule is CC(C)(C)OC(=O)NC(C(=O)O)C12CC(Cc3ccccc3F)(C1)C2. The molecule has 0 saturated heterocycles. The maximum Gasteiger partial charge on any atom is 0.408 e. The standard InChI is InChI=1S/C19H24FNO4/c1-17(2,3)25-16(24)21-14(15(22)23)19-9-18(10-19,11-19)8-12-6-4-5-7-13(12)20/h4-7,14H,8-11H2,1-3H3,(H,21,24)(H,22,23). The van der Waals surface area contributed by atoms with E-state index in [4.69, 9.17) is 4.74 Å². The molecule has 0 heterocycles. The van der Waals surface area contributed by atoms with Crippen molar-refractivity contribution < 1.29 is 23.8 Å². The number of ether oxygens (including phenoxy) is 1. The number of alkyl carbamates (subject to hydrolysis) is 1. The highest BCUT2D eigenvalue weighted by atomic mass is 19.1. The van der Waals surface area contributed by atoms with Crippen LogP contribution in [-0.2, 0) is 16.0 Å². The second-order valence-electron chi connectivity index (χ2n) is 8.58. The predicted molar refractivity (Wildman–Crippen MR) is 89.6 cm³/mol. The molecule has 4 rings (SSSR count). The molecule has 2 bridgehead atoms. The third-order valence-corrected chi connectivity index (χ3v) is 5.22. The van der Waals surface area contributed by atoms with E-state index in [9.17, 15) is 19.1 Å². The summed E-state index contributed by atoms with van der Waals surface area (Å²) in [6, 6.07) is 5.72. The first-order valence-electron chi connectivity index (χ1n) is 8.50. The second-order valence-corrected chi connectivity index (χ2v) is 8.58. The molecule has 1 amide bonds. The smallest absolute Gasteiger partial charge is 0.408 e. The summed E-state index contributed by atoms with van der Waals surface area (Å²) < 4.78 is 19.0. The molecular formula is C19H24FNO4. The van der Waals surface area contributed by atoms with Gasteiger partial charge in [0.2, 0.25) is 0 Å². The van der Waals surface area contributed by atoms with E-state index in [-0.39, 0.29) is 11.2 Å². The number of amides is 1. The first-order chi connectivity index (χ1) is 11.5. The third-order valence-electron chi connectivity index (χ3n) is 5.22. The molecule has 2 N–H and O–H groups in total. The Kier molecular flexibility index (Phi) is 4.05. The number of benzene rings is 1. The normalized spacial score (nSPS) is 28.3. The van der Waals surface area contributed by atoms with Gasteiger partial charge in [0.05, 0.1) is 0 Å². The van der Waals surface area contributed by atoms with Crippen molar-refractivity contribution in [3.05, 3.63) is 35.6 Å². The Morgan fingerprint density at radius 3 is 2.40 bits per heavy atom. The number of aliphatic carboxylic acids is 1. The van der Waals surface area contributed by atoms with Crippen LogP contribution < -0.4 is 5.32 Å². The second kappa shape index (κ2) is 5.71. The topological polar surface area (TPSA) is 75.6 Å². The van der Waals surface area contributed by atoms with Gasteiger partial charge in [0, 0.05) is 5.41 Å². The van der Waals surface area contributed by atoms with E-state index in [1.165, 1.54) is 6.07 Å². The van der Waals surface area contributed by atoms with E-state index >= 15 is 0 Å². The summed E-state index contributed by atoms with van der Waals surface area (Å²) in [5.74, 6) is -1.27. The fourth-order valence-electron chi connectivity index (χ4n) is 4.53. The number of carboxylic acids is 1. The third kappa shape index (κ3) is 3.34. The van der Waals surface area contributed by atoms with Gasteiger partial charge in [-0.3, -0.25) is 0 Å². The Balaban J connectivity index is 1.62. The molecule has 25 heavy (non-hydrogen) atoms. The highest BCUT2D eigenvalue weighted by Gasteiger charge is 2.71. The number of carbonyl (C=O) groups is 2. The van der Waals surface area contributed by atoms with E-state index in [0.29, 0.717) is 31.2 Å². The minimum absolute atomic E-state index is 0.0362. The van der Waals surface area contributed by atoms with E-state index in [0.717, 1.165) is 0 Å². The van der Waals surface area contributed by atoms with Gasteiger partial charge in [-0.05, 0) is 63.5 Å². The molecular weight excluding hydrogens is 325 g/mol. The van der Waals surface area contributed by atoms with Crippen molar-refractivity contribution in [1.29, 1.82) is 0 Å². The average molecular weight is 349 g/mol. The fourth-order valence-corrected chi connectivity index (χ4v) is 4.53. The molecule has 3 fully saturated rings. The number of nitrogens with one attached hydrogen (secondary N) is 1. The summed E-state index contributed by atoms with van der Waals surface area (Å²) in [6.07, 6.45) is 1.94. The lowest BCUT2D eigenvalue weighted by Crippen LogP contribution is -2.72. The molecule has 0 aromatic heterocycles. The summed E-state index contributed by atoms with van der Waals surface area (Å²) >= 11 is 0. The number of rotatable bonds is 5. The summed E-state index contributed by atoms with van der Waals surface area (Å²) in [5, 5.41) is 12.0. The lowest BCUT2D eigenvalue weighted by molar-refractivity contribution is -0.224. The molecule has 136 valence electrons. The van der Waals surface area contributed by atoms with Crippen LogP contribution in [-0.4, -0.2) is 28.8 Å². The Hall–Kier alpha value is -2.11. The molecule has 3 aliphatic rings. The van der Waals surface area contributed by atoms with Crippen molar-refractivity contribution >= 4 is 12.1 Å². The molecule has 1 atom stereocenters. The molecule has 3 saturated carbocycles. The van der Waals surface area contributed by atoms with E-state index in [1.54, 1.807) is 32.9 Å². The van der Waals surface area contributed by atoms with Crippen LogP contribution in [0.1, 0.15) is 45.6 Å². The predicted octanol–water partition coefficient (Wildman–Crippen LogP) is 3.52. The van der Waals surface area contributed by atoms with Gasteiger partial charge in [0.25, 0.3) is 0 Å². The van der Waals surface area contributed by atoms with Crippen LogP contribution in [0.4, 0.5) is 9.18 Å². The number of carbonyl (C=O) groups excluding carboxylic acids is 1. The minimum Gasteiger partial charge on any atom is -0.480 e. The Morgan fingerprint density at radius 2 is 1.88 bits per heavy atom. The first kappa shape index (κ1) is 17.7. The fraction of sp³-hybridized carbons (Fsp3) is 0.579. The van der Waals surface area contributed by atoms with Crippen LogP contribution in [0.3, 0.4) is 0 Å². The summed E-state index contributed by atoms with van der Waals surface area (Å²) in [5.41, 5.74) is -0.485. The molecule has 0 spiro atoms. The van der Waals surface area contributed by atoms with Gasteiger partial charge in [0.15, 0.2) is 0 Å². The van der Waals surface area contributed by atoms with Crippen molar-refractivity contribution in [2.24, 2.45) is 10.8 Å². The molecule has 0 radical (unpaired) electrons. The largest absolute Gasteiger partial charge is 0.480 e. The van der Waals surface area contributed by atoms with E-state index in [1.807, 2.05) is 6.07 Å². The zero-order chi connectivity index (χ0) is 18.5. The molecule has 1 aromatic carbocycles. The van der Waals surface area contributed by atoms with Crippen LogP contribution in [0.5, 0.6) is 0 Å². The van der Waals surface area contributed by atoms with Crippen molar-refractivity contribution in [1.82, 2.24) is 5.32 Å². The van der Waals surface area contributed by atoms with Gasteiger partial charge in [-0.1, -0.05) is 18.2 Å². The molecule has 5 nitrogen and oxygen atoms in total. The van der Waals surface area contributed by atoms with Crippen molar-refractivity contribution in [3.8, 4) is 0 Å². The van der Waals surface area contributed by atoms with E-state index in [2.05, 4.69) is 5.32 Å². The highest BCUT2D eigenvalue weighted by Crippen LogP contribution is 2.75. The first-order valence-corrected chi connectivity index (χ1v) is 8.50. The summed E-state index contributed by atoms with van der Waals surface area (Å²) in [6.45, 7) is 5.19. The van der Waals surface area contributed by atoms with Gasteiger partial charge < -0.3 is 15.2 Å². The molecule has 1 unspecified atom stereocenters. The highest BCUT2D eigenvalue weighted by molar-refractivity contribution is 5.81.